The minimum atomic E-state index is 0.141. The predicted octanol–water partition coefficient (Wildman–Crippen LogP) is 3.22. The summed E-state index contributed by atoms with van der Waals surface area (Å²) in [6.07, 6.45) is 2.07. The van der Waals surface area contributed by atoms with E-state index in [2.05, 4.69) is 25.2 Å². The largest absolute Gasteiger partial charge is 0.493 e. The summed E-state index contributed by atoms with van der Waals surface area (Å²) in [5, 5.41) is 4.27. The molecule has 1 aliphatic heterocycles. The molecule has 17 heavy (non-hydrogen) atoms. The molecule has 3 rings (SSSR count). The lowest BCUT2D eigenvalue weighted by Gasteiger charge is -2.21. The maximum absolute atomic E-state index is 6.46. The number of hydrogen-bond donors (Lipinski definition) is 1. The molecule has 1 aromatic rings. The van der Waals surface area contributed by atoms with Crippen molar-refractivity contribution in [3.05, 3.63) is 27.8 Å². The SMILES string of the molecule is CNC1CC(C)(C)c2c3c(cc(Cl)c21)CCO3. The number of fused-ring (bicyclic) bond motifs is 3. The summed E-state index contributed by atoms with van der Waals surface area (Å²) in [5.41, 5.74) is 4.00. The van der Waals surface area contributed by atoms with Crippen LogP contribution in [0.5, 0.6) is 5.75 Å². The smallest absolute Gasteiger partial charge is 0.126 e. The van der Waals surface area contributed by atoms with Crippen molar-refractivity contribution in [2.45, 2.75) is 38.1 Å². The number of ether oxygens (including phenoxy) is 1. The Morgan fingerprint density at radius 1 is 1.47 bits per heavy atom. The topological polar surface area (TPSA) is 21.3 Å². The quantitative estimate of drug-likeness (QED) is 0.828. The van der Waals surface area contributed by atoms with Gasteiger partial charge in [-0.05, 0) is 36.1 Å². The maximum atomic E-state index is 6.46. The normalized spacial score (nSPS) is 24.4. The second-order valence-electron chi connectivity index (χ2n) is 5.66. The van der Waals surface area contributed by atoms with Crippen molar-refractivity contribution in [3.8, 4) is 5.75 Å². The van der Waals surface area contributed by atoms with E-state index in [1.54, 1.807) is 0 Å². The Morgan fingerprint density at radius 3 is 2.94 bits per heavy atom. The highest BCUT2D eigenvalue weighted by Crippen LogP contribution is 2.53. The van der Waals surface area contributed by atoms with E-state index >= 15 is 0 Å². The molecule has 3 heteroatoms. The number of halogens is 1. The Hall–Kier alpha value is -0.730. The molecule has 1 heterocycles. The first-order valence-corrected chi connectivity index (χ1v) is 6.58. The van der Waals surface area contributed by atoms with Crippen LogP contribution in [0.2, 0.25) is 5.02 Å². The Bertz CT molecular complexity index is 482. The third-order valence-electron chi connectivity index (χ3n) is 4.05. The van der Waals surface area contributed by atoms with Crippen LogP contribution in [0.3, 0.4) is 0 Å². The highest BCUT2D eigenvalue weighted by atomic mass is 35.5. The van der Waals surface area contributed by atoms with Gasteiger partial charge in [0, 0.05) is 23.0 Å². The van der Waals surface area contributed by atoms with Crippen LogP contribution in [0.15, 0.2) is 6.07 Å². The molecule has 2 aliphatic rings. The number of nitrogens with one attached hydrogen (secondary N) is 1. The van der Waals surface area contributed by atoms with Gasteiger partial charge in [-0.1, -0.05) is 25.4 Å². The van der Waals surface area contributed by atoms with Crippen molar-refractivity contribution in [1.29, 1.82) is 0 Å². The van der Waals surface area contributed by atoms with E-state index in [0.29, 0.717) is 6.04 Å². The summed E-state index contributed by atoms with van der Waals surface area (Å²) >= 11 is 6.46. The third-order valence-corrected chi connectivity index (χ3v) is 4.36. The molecule has 0 radical (unpaired) electrons. The Labute approximate surface area is 107 Å². The van der Waals surface area contributed by atoms with Crippen molar-refractivity contribution in [3.63, 3.8) is 0 Å². The second kappa shape index (κ2) is 3.63. The molecule has 1 unspecified atom stereocenters. The summed E-state index contributed by atoms with van der Waals surface area (Å²) in [6, 6.07) is 2.44. The average molecular weight is 252 g/mol. The lowest BCUT2D eigenvalue weighted by molar-refractivity contribution is 0.344. The van der Waals surface area contributed by atoms with Crippen molar-refractivity contribution in [2.75, 3.05) is 13.7 Å². The van der Waals surface area contributed by atoms with Gasteiger partial charge in [-0.15, -0.1) is 0 Å². The standard InChI is InChI=1S/C14H18ClNO/c1-14(2)7-10(16-3)11-9(15)6-8-4-5-17-13(8)12(11)14/h6,10,16H,4-5,7H2,1-3H3. The minimum Gasteiger partial charge on any atom is -0.493 e. The van der Waals surface area contributed by atoms with E-state index in [1.165, 1.54) is 16.7 Å². The summed E-state index contributed by atoms with van der Waals surface area (Å²) in [4.78, 5) is 0. The Balaban J connectivity index is 2.28. The molecular formula is C14H18ClNO. The fraction of sp³-hybridized carbons (Fsp3) is 0.571. The van der Waals surface area contributed by atoms with Crippen molar-refractivity contribution in [2.24, 2.45) is 0 Å². The van der Waals surface area contributed by atoms with Crippen LogP contribution in [0, 0.1) is 0 Å². The zero-order valence-corrected chi connectivity index (χ0v) is 11.3. The number of rotatable bonds is 1. The molecule has 0 aromatic heterocycles. The molecule has 0 bridgehead atoms. The van der Waals surface area contributed by atoms with Crippen LogP contribution in [-0.4, -0.2) is 13.7 Å². The molecule has 2 nitrogen and oxygen atoms in total. The second-order valence-corrected chi connectivity index (χ2v) is 6.07. The van der Waals surface area contributed by atoms with Crippen LogP contribution >= 0.6 is 11.6 Å². The van der Waals surface area contributed by atoms with E-state index in [1.807, 2.05) is 7.05 Å². The fourth-order valence-corrected chi connectivity index (χ4v) is 3.64. The lowest BCUT2D eigenvalue weighted by atomic mass is 9.85. The highest BCUT2D eigenvalue weighted by molar-refractivity contribution is 6.31. The van der Waals surface area contributed by atoms with Gasteiger partial charge in [-0.2, -0.15) is 0 Å². The van der Waals surface area contributed by atoms with Crippen molar-refractivity contribution in [1.82, 2.24) is 5.32 Å². The van der Waals surface area contributed by atoms with Gasteiger partial charge in [-0.25, -0.2) is 0 Å². The van der Waals surface area contributed by atoms with Crippen LogP contribution in [-0.2, 0) is 11.8 Å². The van der Waals surface area contributed by atoms with E-state index in [0.717, 1.165) is 30.2 Å². The van der Waals surface area contributed by atoms with Gasteiger partial charge in [0.2, 0.25) is 0 Å². The molecule has 92 valence electrons. The van der Waals surface area contributed by atoms with Gasteiger partial charge in [0.15, 0.2) is 0 Å². The summed E-state index contributed by atoms with van der Waals surface area (Å²) in [6.45, 7) is 5.35. The molecule has 0 saturated carbocycles. The summed E-state index contributed by atoms with van der Waals surface area (Å²) in [5.74, 6) is 1.10. The molecule has 1 aromatic carbocycles. The first-order chi connectivity index (χ1) is 8.04. The number of benzene rings is 1. The van der Waals surface area contributed by atoms with Gasteiger partial charge < -0.3 is 10.1 Å². The molecule has 1 aliphatic carbocycles. The highest BCUT2D eigenvalue weighted by Gasteiger charge is 2.42. The monoisotopic (exact) mass is 251 g/mol. The van der Waals surface area contributed by atoms with Crippen molar-refractivity contribution < 1.29 is 4.74 Å². The minimum absolute atomic E-state index is 0.141. The maximum Gasteiger partial charge on any atom is 0.126 e. The van der Waals surface area contributed by atoms with Crippen LogP contribution in [0.25, 0.3) is 0 Å². The molecular weight excluding hydrogens is 234 g/mol. The molecule has 1 N–H and O–H groups in total. The van der Waals surface area contributed by atoms with Crippen LogP contribution in [0.4, 0.5) is 0 Å². The van der Waals surface area contributed by atoms with E-state index in [9.17, 15) is 0 Å². The van der Waals surface area contributed by atoms with E-state index < -0.39 is 0 Å². The van der Waals surface area contributed by atoms with Gasteiger partial charge in [0.25, 0.3) is 0 Å². The summed E-state index contributed by atoms with van der Waals surface area (Å²) < 4.78 is 5.84. The van der Waals surface area contributed by atoms with Gasteiger partial charge in [-0.3, -0.25) is 0 Å². The molecule has 1 atom stereocenters. The lowest BCUT2D eigenvalue weighted by Crippen LogP contribution is -2.17. The molecule has 0 amide bonds. The van der Waals surface area contributed by atoms with Crippen LogP contribution in [0.1, 0.15) is 43.0 Å². The summed E-state index contributed by atoms with van der Waals surface area (Å²) in [7, 11) is 2.00. The Morgan fingerprint density at radius 2 is 2.24 bits per heavy atom. The number of hydrogen-bond acceptors (Lipinski definition) is 2. The third kappa shape index (κ3) is 1.50. The first-order valence-electron chi connectivity index (χ1n) is 6.20. The van der Waals surface area contributed by atoms with Crippen LogP contribution < -0.4 is 10.1 Å². The van der Waals surface area contributed by atoms with Gasteiger partial charge in [0.05, 0.1) is 6.61 Å². The molecule has 0 fully saturated rings. The fourth-order valence-electron chi connectivity index (χ4n) is 3.29. The van der Waals surface area contributed by atoms with E-state index in [-0.39, 0.29) is 5.41 Å². The molecule has 0 saturated heterocycles. The first kappa shape index (κ1) is 11.4. The zero-order chi connectivity index (χ0) is 12.2. The van der Waals surface area contributed by atoms with Crippen molar-refractivity contribution >= 4 is 11.6 Å². The van der Waals surface area contributed by atoms with Gasteiger partial charge >= 0.3 is 0 Å². The van der Waals surface area contributed by atoms with E-state index in [4.69, 9.17) is 16.3 Å². The zero-order valence-electron chi connectivity index (χ0n) is 10.6. The Kier molecular flexibility index (Phi) is 2.43. The van der Waals surface area contributed by atoms with Gasteiger partial charge in [0.1, 0.15) is 5.75 Å². The predicted molar refractivity (Wildman–Crippen MR) is 70.1 cm³/mol. The average Bonchev–Trinajstić information content (AvgIpc) is 2.80. The molecule has 0 spiro atoms.